The molecule has 2 aromatic carbocycles. The van der Waals surface area contributed by atoms with Crippen LogP contribution in [0.2, 0.25) is 0 Å². The molecule has 0 saturated carbocycles. The molecule has 0 aliphatic carbocycles. The van der Waals surface area contributed by atoms with Crippen molar-refractivity contribution in [2.75, 3.05) is 16.4 Å². The van der Waals surface area contributed by atoms with Crippen LogP contribution in [0.4, 0.5) is 10.8 Å². The fraction of sp³-hybridized carbons (Fsp3) is 0.261. The maximum Gasteiger partial charge on any atom is 0.236 e. The Hall–Kier alpha value is -3.24. The number of aromatic nitrogens is 5. The van der Waals surface area contributed by atoms with E-state index in [1.54, 1.807) is 0 Å². The number of hydrogen-bond donors (Lipinski definition) is 2. The van der Waals surface area contributed by atoms with Gasteiger partial charge in [0.25, 0.3) is 0 Å². The maximum atomic E-state index is 12.5. The van der Waals surface area contributed by atoms with Crippen LogP contribution in [0.3, 0.4) is 0 Å². The Morgan fingerprint density at radius 1 is 1.06 bits per heavy atom. The van der Waals surface area contributed by atoms with Gasteiger partial charge < -0.3 is 5.32 Å². The zero-order valence-corrected chi connectivity index (χ0v) is 20.3. The van der Waals surface area contributed by atoms with Crippen LogP contribution in [-0.4, -0.2) is 36.6 Å². The van der Waals surface area contributed by atoms with E-state index in [1.807, 2.05) is 41.8 Å². The first-order chi connectivity index (χ1) is 16.0. The van der Waals surface area contributed by atoms with E-state index in [9.17, 15) is 4.79 Å². The number of nitrogens with one attached hydrogen (secondary N) is 2. The van der Waals surface area contributed by atoms with Gasteiger partial charge in [-0.3, -0.25) is 14.7 Å². The molecule has 0 radical (unpaired) electrons. The third-order valence-corrected chi connectivity index (χ3v) is 6.79. The van der Waals surface area contributed by atoms with Crippen LogP contribution in [0, 0.1) is 13.8 Å². The third kappa shape index (κ3) is 5.77. The van der Waals surface area contributed by atoms with E-state index in [4.69, 9.17) is 0 Å². The second-order valence-electron chi connectivity index (χ2n) is 7.43. The Kier molecular flexibility index (Phi) is 7.36. The van der Waals surface area contributed by atoms with E-state index in [0.717, 1.165) is 28.6 Å². The number of para-hydroxylation sites is 1. The van der Waals surface area contributed by atoms with Gasteiger partial charge in [0.15, 0.2) is 11.0 Å². The average Bonchev–Trinajstić information content (AvgIpc) is 3.44. The van der Waals surface area contributed by atoms with Crippen molar-refractivity contribution in [3.63, 3.8) is 0 Å². The highest BCUT2D eigenvalue weighted by Gasteiger charge is 2.17. The summed E-state index contributed by atoms with van der Waals surface area (Å²) >= 11 is 2.72. The molecule has 170 valence electrons. The first kappa shape index (κ1) is 22.9. The van der Waals surface area contributed by atoms with Gasteiger partial charge >= 0.3 is 0 Å². The second-order valence-corrected chi connectivity index (χ2v) is 9.44. The molecule has 33 heavy (non-hydrogen) atoms. The van der Waals surface area contributed by atoms with Crippen molar-refractivity contribution in [1.29, 1.82) is 0 Å². The fourth-order valence-corrected chi connectivity index (χ4v) is 4.73. The van der Waals surface area contributed by atoms with Crippen LogP contribution in [-0.2, 0) is 17.8 Å². The number of aryl methyl sites for hydroxylation is 3. The van der Waals surface area contributed by atoms with Gasteiger partial charge in [0.2, 0.25) is 11.0 Å². The van der Waals surface area contributed by atoms with E-state index >= 15 is 0 Å². The number of nitrogens with zero attached hydrogens (tertiary/aromatic N) is 5. The van der Waals surface area contributed by atoms with Gasteiger partial charge in [0.05, 0.1) is 12.3 Å². The highest BCUT2D eigenvalue weighted by Crippen LogP contribution is 2.24. The van der Waals surface area contributed by atoms with Gasteiger partial charge in [-0.25, -0.2) is 0 Å². The molecule has 0 atom stereocenters. The molecular weight excluding hydrogens is 454 g/mol. The van der Waals surface area contributed by atoms with Crippen LogP contribution in [0.1, 0.15) is 28.9 Å². The molecule has 2 N–H and O–H groups in total. The van der Waals surface area contributed by atoms with E-state index in [1.165, 1.54) is 34.2 Å². The molecule has 0 fully saturated rings. The first-order valence-electron chi connectivity index (χ1n) is 10.6. The molecule has 0 aliphatic rings. The van der Waals surface area contributed by atoms with Crippen molar-refractivity contribution in [1.82, 2.24) is 25.0 Å². The molecular formula is C23H25N7OS2. The molecule has 0 bridgehead atoms. The smallest absolute Gasteiger partial charge is 0.236 e. The number of rotatable bonds is 9. The minimum absolute atomic E-state index is 0.156. The molecule has 4 rings (SSSR count). The fourth-order valence-electron chi connectivity index (χ4n) is 3.26. The third-order valence-electron chi connectivity index (χ3n) is 4.88. The Bertz CT molecular complexity index is 1240. The number of benzene rings is 2. The minimum Gasteiger partial charge on any atom is -0.378 e. The summed E-state index contributed by atoms with van der Waals surface area (Å²) in [6.45, 7) is 6.67. The van der Waals surface area contributed by atoms with Crippen LogP contribution < -0.4 is 10.6 Å². The molecule has 4 aromatic rings. The lowest BCUT2D eigenvalue weighted by atomic mass is 10.1. The normalized spacial score (nSPS) is 10.9. The van der Waals surface area contributed by atoms with Crippen molar-refractivity contribution in [2.24, 2.45) is 0 Å². The second kappa shape index (κ2) is 10.6. The molecule has 0 aliphatic heterocycles. The summed E-state index contributed by atoms with van der Waals surface area (Å²) in [6, 6.07) is 16.2. The van der Waals surface area contributed by atoms with Crippen LogP contribution >= 0.6 is 23.1 Å². The summed E-state index contributed by atoms with van der Waals surface area (Å²) in [6.07, 6.45) is 0.793. The lowest BCUT2D eigenvalue weighted by molar-refractivity contribution is -0.113. The van der Waals surface area contributed by atoms with Crippen molar-refractivity contribution < 1.29 is 4.79 Å². The quantitative estimate of drug-likeness (QED) is 0.338. The summed E-state index contributed by atoms with van der Waals surface area (Å²) in [4.78, 5) is 12.5. The van der Waals surface area contributed by atoms with Gasteiger partial charge in [-0.2, -0.15) is 0 Å². The Labute approximate surface area is 200 Å². The highest BCUT2D eigenvalue weighted by atomic mass is 32.2. The topological polar surface area (TPSA) is 97.6 Å². The van der Waals surface area contributed by atoms with E-state index in [0.29, 0.717) is 16.8 Å². The van der Waals surface area contributed by atoms with Crippen molar-refractivity contribution in [3.05, 3.63) is 70.5 Å². The number of anilines is 2. The number of carbonyl (C=O) groups is 1. The lowest BCUT2D eigenvalue weighted by Crippen LogP contribution is -2.14. The van der Waals surface area contributed by atoms with Crippen molar-refractivity contribution in [3.8, 4) is 5.69 Å². The van der Waals surface area contributed by atoms with Gasteiger partial charge in [-0.15, -0.1) is 20.4 Å². The zero-order chi connectivity index (χ0) is 23.2. The monoisotopic (exact) mass is 479 g/mol. The van der Waals surface area contributed by atoms with Gasteiger partial charge in [0.1, 0.15) is 5.01 Å². The summed E-state index contributed by atoms with van der Waals surface area (Å²) in [7, 11) is 0. The summed E-state index contributed by atoms with van der Waals surface area (Å²) < 4.78 is 1.98. The molecule has 0 spiro atoms. The maximum absolute atomic E-state index is 12.5. The van der Waals surface area contributed by atoms with Gasteiger partial charge in [-0.1, -0.05) is 65.9 Å². The predicted octanol–water partition coefficient (Wildman–Crippen LogP) is 4.64. The molecule has 2 heterocycles. The van der Waals surface area contributed by atoms with Crippen LogP contribution in [0.25, 0.3) is 5.69 Å². The number of amides is 1. The molecule has 8 nitrogen and oxygen atoms in total. The average molecular weight is 480 g/mol. The first-order valence-corrected chi connectivity index (χ1v) is 12.4. The van der Waals surface area contributed by atoms with Crippen LogP contribution in [0.5, 0.6) is 0 Å². The summed E-state index contributed by atoms with van der Waals surface area (Å²) in [5, 5.41) is 25.1. The SMILES string of the molecule is CCc1nnc(NC(=O)CSc2nnc(CNc3ccc(C)cc3C)n2-c2ccccc2)s1. The van der Waals surface area contributed by atoms with Crippen molar-refractivity contribution in [2.45, 2.75) is 38.9 Å². The van der Waals surface area contributed by atoms with Crippen molar-refractivity contribution >= 4 is 39.8 Å². The number of hydrogen-bond acceptors (Lipinski definition) is 8. The van der Waals surface area contributed by atoms with E-state index in [-0.39, 0.29) is 11.7 Å². The Morgan fingerprint density at radius 3 is 2.61 bits per heavy atom. The van der Waals surface area contributed by atoms with Gasteiger partial charge in [-0.05, 0) is 44.0 Å². The Balaban J connectivity index is 1.49. The predicted molar refractivity (Wildman–Crippen MR) is 133 cm³/mol. The van der Waals surface area contributed by atoms with E-state index in [2.05, 4.69) is 63.1 Å². The summed E-state index contributed by atoms with van der Waals surface area (Å²) in [5.74, 6) is 0.799. The summed E-state index contributed by atoms with van der Waals surface area (Å²) in [5.41, 5.74) is 4.40. The van der Waals surface area contributed by atoms with E-state index < -0.39 is 0 Å². The molecule has 2 aromatic heterocycles. The zero-order valence-electron chi connectivity index (χ0n) is 18.7. The van der Waals surface area contributed by atoms with Gasteiger partial charge in [0, 0.05) is 11.4 Å². The number of carbonyl (C=O) groups excluding carboxylic acids is 1. The highest BCUT2D eigenvalue weighted by molar-refractivity contribution is 7.99. The Morgan fingerprint density at radius 2 is 1.88 bits per heavy atom. The minimum atomic E-state index is -0.156. The molecule has 0 saturated heterocycles. The lowest BCUT2D eigenvalue weighted by Gasteiger charge is -2.13. The molecule has 1 amide bonds. The molecule has 0 unspecified atom stereocenters. The van der Waals surface area contributed by atoms with Crippen LogP contribution in [0.15, 0.2) is 53.7 Å². The number of thioether (sulfide) groups is 1. The molecule has 10 heteroatoms. The largest absolute Gasteiger partial charge is 0.378 e. The standard InChI is InChI=1S/C23H25N7OS2/c1-4-21-27-28-22(33-21)25-20(31)14-32-23-29-26-19(30(23)17-8-6-5-7-9-17)13-24-18-11-10-15(2)12-16(18)3/h5-12,24H,4,13-14H2,1-3H3,(H,25,28,31).